The van der Waals surface area contributed by atoms with Gasteiger partial charge >= 0.3 is 0 Å². The smallest absolute Gasteiger partial charge is 0.290 e. The number of morpholine rings is 1. The number of aliphatic hydroxyl groups excluding tert-OH is 1. The van der Waals surface area contributed by atoms with Gasteiger partial charge in [-0.25, -0.2) is 0 Å². The molecule has 4 heterocycles. The Hall–Kier alpha value is -2.42. The summed E-state index contributed by atoms with van der Waals surface area (Å²) in [5, 5.41) is 12.4. The molecular weight excluding hydrogens is 392 g/mol. The molecule has 1 atom stereocenters. The molecule has 1 saturated heterocycles. The summed E-state index contributed by atoms with van der Waals surface area (Å²) in [7, 11) is 0. The van der Waals surface area contributed by atoms with Gasteiger partial charge in [0.15, 0.2) is 5.76 Å². The lowest BCUT2D eigenvalue weighted by Crippen LogP contribution is -2.39. The SMILES string of the molecule is Cc1ccc([C@@H]2C(C(=O)c3cccs3)=C(O)C(=O)N2CCCN2CCOCC2)o1. The molecule has 2 aliphatic heterocycles. The molecule has 154 valence electrons. The molecule has 2 aromatic heterocycles. The highest BCUT2D eigenvalue weighted by molar-refractivity contribution is 7.12. The number of amides is 1. The van der Waals surface area contributed by atoms with Crippen LogP contribution in [0, 0.1) is 6.92 Å². The normalized spacial score (nSPS) is 20.7. The molecule has 8 heteroatoms. The van der Waals surface area contributed by atoms with Gasteiger partial charge < -0.3 is 19.2 Å². The van der Waals surface area contributed by atoms with Crippen molar-refractivity contribution in [2.24, 2.45) is 0 Å². The Labute approximate surface area is 173 Å². The summed E-state index contributed by atoms with van der Waals surface area (Å²) < 4.78 is 11.1. The Bertz CT molecular complexity index is 911. The molecule has 7 nitrogen and oxygen atoms in total. The molecule has 0 unspecified atom stereocenters. The molecule has 0 aliphatic carbocycles. The van der Waals surface area contributed by atoms with Crippen LogP contribution in [0.2, 0.25) is 0 Å². The molecule has 1 amide bonds. The molecule has 2 aromatic rings. The van der Waals surface area contributed by atoms with Gasteiger partial charge in [0, 0.05) is 26.2 Å². The Kier molecular flexibility index (Phi) is 5.84. The van der Waals surface area contributed by atoms with Crippen LogP contribution in [0.1, 0.15) is 33.7 Å². The van der Waals surface area contributed by atoms with Crippen LogP contribution in [0.5, 0.6) is 0 Å². The number of hydrogen-bond acceptors (Lipinski definition) is 7. The minimum absolute atomic E-state index is 0.0955. The number of ketones is 1. The summed E-state index contributed by atoms with van der Waals surface area (Å²) >= 11 is 1.29. The molecule has 4 rings (SSSR count). The van der Waals surface area contributed by atoms with Crippen molar-refractivity contribution >= 4 is 23.0 Å². The van der Waals surface area contributed by atoms with Crippen LogP contribution in [0.15, 0.2) is 45.4 Å². The quantitative estimate of drug-likeness (QED) is 0.699. The van der Waals surface area contributed by atoms with E-state index in [2.05, 4.69) is 4.90 Å². The lowest BCUT2D eigenvalue weighted by molar-refractivity contribution is -0.129. The van der Waals surface area contributed by atoms with Crippen molar-refractivity contribution in [1.29, 1.82) is 0 Å². The predicted octanol–water partition coefficient (Wildman–Crippen LogP) is 2.95. The van der Waals surface area contributed by atoms with Crippen LogP contribution in [-0.4, -0.2) is 66.0 Å². The fourth-order valence-electron chi connectivity index (χ4n) is 3.84. The van der Waals surface area contributed by atoms with Crippen molar-refractivity contribution in [3.05, 3.63) is 57.4 Å². The zero-order chi connectivity index (χ0) is 20.4. The first-order valence-corrected chi connectivity index (χ1v) is 10.6. The van der Waals surface area contributed by atoms with Gasteiger partial charge in [0.2, 0.25) is 5.78 Å². The standard InChI is InChI=1S/C21H24N2O5S/c1-14-5-6-15(28-14)18-17(19(24)16-4-2-13-29-16)20(25)21(26)23(18)8-3-7-22-9-11-27-12-10-22/h2,4-6,13,18,25H,3,7-12H2,1H3/t18-/m1/s1. The molecule has 2 aliphatic rings. The minimum Gasteiger partial charge on any atom is -0.503 e. The second-order valence-corrected chi connectivity index (χ2v) is 8.17. The minimum atomic E-state index is -0.713. The Morgan fingerprint density at radius 1 is 1.24 bits per heavy atom. The van der Waals surface area contributed by atoms with E-state index in [1.807, 2.05) is 6.92 Å². The largest absolute Gasteiger partial charge is 0.503 e. The summed E-state index contributed by atoms with van der Waals surface area (Å²) in [4.78, 5) is 30.3. The second kappa shape index (κ2) is 8.52. The van der Waals surface area contributed by atoms with Crippen molar-refractivity contribution in [2.45, 2.75) is 19.4 Å². The van der Waals surface area contributed by atoms with Gasteiger partial charge in [0.1, 0.15) is 17.6 Å². The number of Topliss-reactive ketones (excluding diaryl/α,β-unsaturated/α-hetero) is 1. The number of aryl methyl sites for hydroxylation is 1. The van der Waals surface area contributed by atoms with Crippen LogP contribution in [0.25, 0.3) is 0 Å². The van der Waals surface area contributed by atoms with Crippen molar-refractivity contribution in [3.8, 4) is 0 Å². The number of nitrogens with zero attached hydrogens (tertiary/aromatic N) is 2. The monoisotopic (exact) mass is 416 g/mol. The average molecular weight is 416 g/mol. The highest BCUT2D eigenvalue weighted by Gasteiger charge is 2.45. The summed E-state index contributed by atoms with van der Waals surface area (Å²) in [6.07, 6.45) is 0.732. The average Bonchev–Trinajstić information content (AvgIpc) is 3.45. The maximum absolute atomic E-state index is 13.1. The molecular formula is C21H24N2O5S. The molecule has 1 N–H and O–H groups in total. The summed E-state index contributed by atoms with van der Waals surface area (Å²) in [6, 6.07) is 6.33. The van der Waals surface area contributed by atoms with E-state index in [4.69, 9.17) is 9.15 Å². The lowest BCUT2D eigenvalue weighted by Gasteiger charge is -2.29. The predicted molar refractivity (Wildman–Crippen MR) is 108 cm³/mol. The number of rotatable bonds is 7. The van der Waals surface area contributed by atoms with Crippen LogP contribution >= 0.6 is 11.3 Å². The number of ether oxygens (including phenoxy) is 1. The van der Waals surface area contributed by atoms with Crippen molar-refractivity contribution in [2.75, 3.05) is 39.4 Å². The number of carbonyl (C=O) groups is 2. The van der Waals surface area contributed by atoms with E-state index in [0.29, 0.717) is 22.9 Å². The van der Waals surface area contributed by atoms with E-state index in [1.165, 1.54) is 11.3 Å². The molecule has 0 bridgehead atoms. The number of carbonyl (C=O) groups excluding carboxylic acids is 2. The maximum atomic E-state index is 13.1. The van der Waals surface area contributed by atoms with Crippen molar-refractivity contribution in [3.63, 3.8) is 0 Å². The highest BCUT2D eigenvalue weighted by atomic mass is 32.1. The molecule has 0 spiro atoms. The molecule has 1 fully saturated rings. The van der Waals surface area contributed by atoms with Gasteiger partial charge in [-0.1, -0.05) is 6.07 Å². The Balaban J connectivity index is 1.57. The topological polar surface area (TPSA) is 83.2 Å². The molecule has 0 radical (unpaired) electrons. The first-order valence-electron chi connectivity index (χ1n) is 9.75. The van der Waals surface area contributed by atoms with E-state index >= 15 is 0 Å². The zero-order valence-corrected chi connectivity index (χ0v) is 17.1. The van der Waals surface area contributed by atoms with E-state index in [-0.39, 0.29) is 11.4 Å². The summed E-state index contributed by atoms with van der Waals surface area (Å²) in [5.74, 6) is -0.151. The molecule has 0 saturated carbocycles. The number of hydrogen-bond donors (Lipinski definition) is 1. The van der Waals surface area contributed by atoms with Crippen LogP contribution in [-0.2, 0) is 9.53 Å². The first-order chi connectivity index (χ1) is 14.1. The van der Waals surface area contributed by atoms with E-state index < -0.39 is 17.7 Å². The van der Waals surface area contributed by atoms with Crippen LogP contribution in [0.4, 0.5) is 0 Å². The molecule has 29 heavy (non-hydrogen) atoms. The number of thiophene rings is 1. The van der Waals surface area contributed by atoms with Gasteiger partial charge in [-0.3, -0.25) is 14.5 Å². The van der Waals surface area contributed by atoms with Crippen molar-refractivity contribution < 1.29 is 23.8 Å². The second-order valence-electron chi connectivity index (χ2n) is 7.23. The summed E-state index contributed by atoms with van der Waals surface area (Å²) in [5.41, 5.74) is 0.0955. The van der Waals surface area contributed by atoms with Crippen LogP contribution < -0.4 is 0 Å². The van der Waals surface area contributed by atoms with E-state index in [1.54, 1.807) is 34.5 Å². The lowest BCUT2D eigenvalue weighted by atomic mass is 10.00. The number of aliphatic hydroxyl groups is 1. The summed E-state index contributed by atoms with van der Waals surface area (Å²) in [6.45, 7) is 6.25. The van der Waals surface area contributed by atoms with Crippen LogP contribution in [0.3, 0.4) is 0 Å². The fourth-order valence-corrected chi connectivity index (χ4v) is 4.52. The van der Waals surface area contributed by atoms with E-state index in [0.717, 1.165) is 39.3 Å². The highest BCUT2D eigenvalue weighted by Crippen LogP contribution is 2.40. The molecule has 0 aromatic carbocycles. The van der Waals surface area contributed by atoms with Crippen molar-refractivity contribution in [1.82, 2.24) is 9.80 Å². The van der Waals surface area contributed by atoms with Gasteiger partial charge in [-0.15, -0.1) is 11.3 Å². The van der Waals surface area contributed by atoms with Gasteiger partial charge in [-0.2, -0.15) is 0 Å². The number of furan rings is 1. The first kappa shape index (κ1) is 19.9. The zero-order valence-electron chi connectivity index (χ0n) is 16.3. The Morgan fingerprint density at radius 2 is 2.03 bits per heavy atom. The third-order valence-corrected chi connectivity index (χ3v) is 6.17. The van der Waals surface area contributed by atoms with Gasteiger partial charge in [0.25, 0.3) is 5.91 Å². The third-order valence-electron chi connectivity index (χ3n) is 5.30. The van der Waals surface area contributed by atoms with Gasteiger partial charge in [-0.05, 0) is 36.9 Å². The fraction of sp³-hybridized carbons (Fsp3) is 0.429. The maximum Gasteiger partial charge on any atom is 0.290 e. The Morgan fingerprint density at radius 3 is 2.69 bits per heavy atom. The van der Waals surface area contributed by atoms with Gasteiger partial charge in [0.05, 0.1) is 23.7 Å². The van der Waals surface area contributed by atoms with E-state index in [9.17, 15) is 14.7 Å². The third kappa shape index (κ3) is 4.01.